The van der Waals surface area contributed by atoms with E-state index in [1.165, 1.54) is 6.92 Å². The van der Waals surface area contributed by atoms with Crippen LogP contribution in [-0.4, -0.2) is 31.9 Å². The zero-order valence-corrected chi connectivity index (χ0v) is 19.4. The van der Waals surface area contributed by atoms with E-state index in [0.29, 0.717) is 5.56 Å². The molecule has 7 heteroatoms. The molecule has 3 aromatic rings. The maximum absolute atomic E-state index is 13.4. The third kappa shape index (κ3) is 4.50. The van der Waals surface area contributed by atoms with Gasteiger partial charge in [-0.3, -0.25) is 14.4 Å². The standard InChI is InChI=1S/C27H27N3O4/c1-17(25(31)28-16-18-12-14-19(34-3)15-13-18)26(32)29-24-22-10-5-4-8-20(22)21-9-6-7-11-23(21)30(2)27(24)33/h4-15,17,24H,16H2,1-3H3,(H,28,31)(H,29,32). The van der Waals surface area contributed by atoms with Crippen molar-refractivity contribution in [1.82, 2.24) is 10.6 Å². The quantitative estimate of drug-likeness (QED) is 0.555. The normalized spacial score (nSPS) is 15.4. The van der Waals surface area contributed by atoms with E-state index in [1.54, 1.807) is 31.2 Å². The van der Waals surface area contributed by atoms with Gasteiger partial charge in [-0.15, -0.1) is 0 Å². The summed E-state index contributed by atoms with van der Waals surface area (Å²) >= 11 is 0. The molecule has 0 saturated carbocycles. The molecule has 3 amide bonds. The van der Waals surface area contributed by atoms with Gasteiger partial charge in [0.05, 0.1) is 12.8 Å². The Hall–Kier alpha value is -4.13. The van der Waals surface area contributed by atoms with Crippen molar-refractivity contribution in [1.29, 1.82) is 0 Å². The highest BCUT2D eigenvalue weighted by Gasteiger charge is 2.34. The molecule has 174 valence electrons. The molecule has 0 aromatic heterocycles. The van der Waals surface area contributed by atoms with Gasteiger partial charge in [-0.2, -0.15) is 0 Å². The lowest BCUT2D eigenvalue weighted by Gasteiger charge is -2.24. The monoisotopic (exact) mass is 457 g/mol. The molecule has 0 bridgehead atoms. The van der Waals surface area contributed by atoms with Crippen LogP contribution in [0.15, 0.2) is 72.8 Å². The van der Waals surface area contributed by atoms with Gasteiger partial charge in [0.25, 0.3) is 5.91 Å². The van der Waals surface area contributed by atoms with Crippen molar-refractivity contribution in [3.63, 3.8) is 0 Å². The lowest BCUT2D eigenvalue weighted by molar-refractivity contribution is -0.136. The molecule has 34 heavy (non-hydrogen) atoms. The van der Waals surface area contributed by atoms with E-state index in [1.807, 2.05) is 60.7 Å². The summed E-state index contributed by atoms with van der Waals surface area (Å²) in [5.41, 5.74) is 4.13. The maximum Gasteiger partial charge on any atom is 0.253 e. The first-order chi connectivity index (χ1) is 16.4. The average molecular weight is 458 g/mol. The van der Waals surface area contributed by atoms with Crippen molar-refractivity contribution >= 4 is 23.4 Å². The highest BCUT2D eigenvalue weighted by atomic mass is 16.5. The number of hydrogen-bond acceptors (Lipinski definition) is 4. The number of ether oxygens (including phenoxy) is 1. The van der Waals surface area contributed by atoms with E-state index in [2.05, 4.69) is 10.6 Å². The van der Waals surface area contributed by atoms with Crippen LogP contribution < -0.4 is 20.3 Å². The summed E-state index contributed by atoms with van der Waals surface area (Å²) in [6.07, 6.45) is 0. The number of nitrogens with one attached hydrogen (secondary N) is 2. The number of benzene rings is 3. The predicted octanol–water partition coefficient (Wildman–Crippen LogP) is 3.45. The van der Waals surface area contributed by atoms with E-state index in [-0.39, 0.29) is 12.5 Å². The Balaban J connectivity index is 1.50. The minimum atomic E-state index is -0.978. The van der Waals surface area contributed by atoms with Crippen molar-refractivity contribution in [2.24, 2.45) is 5.92 Å². The number of carbonyl (C=O) groups is 3. The number of para-hydroxylation sites is 1. The molecule has 0 saturated heterocycles. The molecule has 1 aliphatic rings. The summed E-state index contributed by atoms with van der Waals surface area (Å²) in [5.74, 6) is -1.45. The van der Waals surface area contributed by atoms with Gasteiger partial charge in [0, 0.05) is 19.2 Å². The van der Waals surface area contributed by atoms with Gasteiger partial charge < -0.3 is 20.3 Å². The number of rotatable bonds is 6. The van der Waals surface area contributed by atoms with Crippen molar-refractivity contribution in [2.75, 3.05) is 19.1 Å². The smallest absolute Gasteiger partial charge is 0.253 e. The van der Waals surface area contributed by atoms with Gasteiger partial charge in [0.15, 0.2) is 0 Å². The zero-order valence-electron chi connectivity index (χ0n) is 19.4. The second kappa shape index (κ2) is 9.79. The Labute approximate surface area is 198 Å². The fourth-order valence-corrected chi connectivity index (χ4v) is 4.04. The van der Waals surface area contributed by atoms with E-state index in [4.69, 9.17) is 4.74 Å². The van der Waals surface area contributed by atoms with E-state index < -0.39 is 23.8 Å². The predicted molar refractivity (Wildman–Crippen MR) is 130 cm³/mol. The van der Waals surface area contributed by atoms with Crippen molar-refractivity contribution in [3.05, 3.63) is 83.9 Å². The van der Waals surface area contributed by atoms with E-state index in [9.17, 15) is 14.4 Å². The molecule has 0 radical (unpaired) electrons. The first-order valence-electron chi connectivity index (χ1n) is 11.1. The topological polar surface area (TPSA) is 87.7 Å². The third-order valence-electron chi connectivity index (χ3n) is 6.10. The molecule has 4 rings (SSSR count). The lowest BCUT2D eigenvalue weighted by Crippen LogP contribution is -2.45. The molecule has 1 heterocycles. The third-order valence-corrected chi connectivity index (χ3v) is 6.10. The molecule has 2 atom stereocenters. The minimum absolute atomic E-state index is 0.267. The molecule has 1 aliphatic heterocycles. The Morgan fingerprint density at radius 2 is 1.59 bits per heavy atom. The fourth-order valence-electron chi connectivity index (χ4n) is 4.04. The molecular weight excluding hydrogens is 430 g/mol. The fraction of sp³-hybridized carbons (Fsp3) is 0.222. The van der Waals surface area contributed by atoms with E-state index in [0.717, 1.165) is 28.1 Å². The first-order valence-corrected chi connectivity index (χ1v) is 11.1. The highest BCUT2D eigenvalue weighted by molar-refractivity contribution is 6.07. The largest absolute Gasteiger partial charge is 0.497 e. The number of fused-ring (bicyclic) bond motifs is 3. The Morgan fingerprint density at radius 3 is 2.29 bits per heavy atom. The summed E-state index contributed by atoms with van der Waals surface area (Å²) in [6, 6.07) is 21.5. The van der Waals surface area contributed by atoms with Crippen LogP contribution in [0, 0.1) is 5.92 Å². The summed E-state index contributed by atoms with van der Waals surface area (Å²) in [7, 11) is 3.28. The van der Waals surface area contributed by atoms with Crippen LogP contribution in [0.5, 0.6) is 5.75 Å². The van der Waals surface area contributed by atoms with Gasteiger partial charge in [0.2, 0.25) is 11.8 Å². The lowest BCUT2D eigenvalue weighted by atomic mass is 9.95. The SMILES string of the molecule is COc1ccc(CNC(=O)C(C)C(=O)NC2C(=O)N(C)c3ccccc3-c3ccccc32)cc1. The molecule has 0 spiro atoms. The molecule has 0 aliphatic carbocycles. The van der Waals surface area contributed by atoms with Crippen LogP contribution in [-0.2, 0) is 20.9 Å². The maximum atomic E-state index is 13.4. The molecule has 0 fully saturated rings. The summed E-state index contributed by atoms with van der Waals surface area (Å²) in [4.78, 5) is 40.6. The Bertz CT molecular complexity index is 1220. The zero-order chi connectivity index (χ0) is 24.2. The van der Waals surface area contributed by atoms with Gasteiger partial charge in [-0.05, 0) is 41.8 Å². The van der Waals surface area contributed by atoms with Crippen molar-refractivity contribution in [3.8, 4) is 16.9 Å². The van der Waals surface area contributed by atoms with Gasteiger partial charge in [-0.1, -0.05) is 54.6 Å². The summed E-state index contributed by atoms with van der Waals surface area (Å²) in [6.45, 7) is 1.81. The number of methoxy groups -OCH3 is 1. The second-order valence-corrected chi connectivity index (χ2v) is 8.23. The van der Waals surface area contributed by atoms with Crippen LogP contribution in [0.25, 0.3) is 11.1 Å². The molecular formula is C27H27N3O4. The Morgan fingerprint density at radius 1 is 0.941 bits per heavy atom. The number of anilines is 1. The first kappa shape index (κ1) is 23.0. The van der Waals surface area contributed by atoms with Gasteiger partial charge in [0.1, 0.15) is 17.7 Å². The second-order valence-electron chi connectivity index (χ2n) is 8.23. The molecule has 2 unspecified atom stereocenters. The molecule has 7 nitrogen and oxygen atoms in total. The molecule has 2 N–H and O–H groups in total. The van der Waals surface area contributed by atoms with Crippen molar-refractivity contribution < 1.29 is 19.1 Å². The van der Waals surface area contributed by atoms with Crippen LogP contribution in [0.4, 0.5) is 5.69 Å². The number of hydrogen-bond donors (Lipinski definition) is 2. The summed E-state index contributed by atoms with van der Waals surface area (Å²) in [5, 5.41) is 5.60. The number of nitrogens with zero attached hydrogens (tertiary/aromatic N) is 1. The highest BCUT2D eigenvalue weighted by Crippen LogP contribution is 2.39. The number of likely N-dealkylation sites (N-methyl/N-ethyl adjacent to an activating group) is 1. The average Bonchev–Trinajstić information content (AvgIpc) is 2.96. The minimum Gasteiger partial charge on any atom is -0.497 e. The number of amides is 3. The number of carbonyl (C=O) groups excluding carboxylic acids is 3. The van der Waals surface area contributed by atoms with Gasteiger partial charge >= 0.3 is 0 Å². The van der Waals surface area contributed by atoms with Crippen molar-refractivity contribution in [2.45, 2.75) is 19.5 Å². The van der Waals surface area contributed by atoms with Crippen LogP contribution in [0.1, 0.15) is 24.1 Å². The van der Waals surface area contributed by atoms with Crippen LogP contribution in [0.2, 0.25) is 0 Å². The summed E-state index contributed by atoms with van der Waals surface area (Å²) < 4.78 is 5.14. The van der Waals surface area contributed by atoms with Crippen LogP contribution in [0.3, 0.4) is 0 Å². The Kier molecular flexibility index (Phi) is 6.63. The van der Waals surface area contributed by atoms with E-state index >= 15 is 0 Å². The van der Waals surface area contributed by atoms with Crippen LogP contribution >= 0.6 is 0 Å². The van der Waals surface area contributed by atoms with Gasteiger partial charge in [-0.25, -0.2) is 0 Å². The molecule has 3 aromatic carbocycles.